The Balaban J connectivity index is 2.58. The van der Waals surface area contributed by atoms with Gasteiger partial charge in [0.05, 0.1) is 5.69 Å². The summed E-state index contributed by atoms with van der Waals surface area (Å²) in [5.74, 6) is 0.297. The minimum absolute atomic E-state index is 0.297. The first-order valence-electron chi connectivity index (χ1n) is 4.35. The number of hydrogen-bond acceptors (Lipinski definition) is 2. The van der Waals surface area contributed by atoms with Crippen molar-refractivity contribution in [3.8, 4) is 5.75 Å². The van der Waals surface area contributed by atoms with Gasteiger partial charge >= 0.3 is 0 Å². The van der Waals surface area contributed by atoms with Gasteiger partial charge < -0.3 is 15.4 Å². The third kappa shape index (κ3) is 1.33. The van der Waals surface area contributed by atoms with E-state index in [9.17, 15) is 5.11 Å². The Morgan fingerprint density at radius 3 is 3.08 bits per heavy atom. The lowest BCUT2D eigenvalue weighted by atomic mass is 10.2. The van der Waals surface area contributed by atoms with Crippen molar-refractivity contribution in [2.45, 2.75) is 6.92 Å². The number of hydrogen-bond donors (Lipinski definition) is 3. The van der Waals surface area contributed by atoms with E-state index in [0.717, 1.165) is 23.1 Å². The molecule has 2 rings (SSSR count). The Morgan fingerprint density at radius 1 is 1.46 bits per heavy atom. The molecule has 0 aliphatic carbocycles. The van der Waals surface area contributed by atoms with Gasteiger partial charge in [0.15, 0.2) is 0 Å². The van der Waals surface area contributed by atoms with Gasteiger partial charge in [0.2, 0.25) is 0 Å². The SMILES string of the molecule is CCNc1c[nH]c2ccc(O)cc12. The normalized spacial score (nSPS) is 10.5. The molecule has 68 valence electrons. The maximum absolute atomic E-state index is 9.30. The van der Waals surface area contributed by atoms with Gasteiger partial charge in [-0.25, -0.2) is 0 Å². The van der Waals surface area contributed by atoms with E-state index in [1.165, 1.54) is 0 Å². The van der Waals surface area contributed by atoms with Crippen LogP contribution >= 0.6 is 0 Å². The zero-order valence-corrected chi connectivity index (χ0v) is 7.46. The number of phenols is 1. The molecule has 0 atom stereocenters. The van der Waals surface area contributed by atoms with Crippen LogP contribution < -0.4 is 5.32 Å². The summed E-state index contributed by atoms with van der Waals surface area (Å²) in [4.78, 5) is 3.13. The van der Waals surface area contributed by atoms with Gasteiger partial charge in [0.25, 0.3) is 0 Å². The largest absolute Gasteiger partial charge is 0.508 e. The summed E-state index contributed by atoms with van der Waals surface area (Å²) in [7, 11) is 0. The standard InChI is InChI=1S/C10H12N2O/c1-2-11-10-6-12-9-4-3-7(13)5-8(9)10/h3-6,11-13H,2H2,1H3. The molecule has 0 saturated heterocycles. The number of rotatable bonds is 2. The van der Waals surface area contributed by atoms with E-state index in [-0.39, 0.29) is 0 Å². The lowest BCUT2D eigenvalue weighted by Gasteiger charge is -1.99. The van der Waals surface area contributed by atoms with Crippen molar-refractivity contribution in [2.75, 3.05) is 11.9 Å². The predicted molar refractivity (Wildman–Crippen MR) is 54.1 cm³/mol. The Labute approximate surface area is 76.4 Å². The molecule has 0 amide bonds. The van der Waals surface area contributed by atoms with Crippen LogP contribution in [-0.2, 0) is 0 Å². The number of fused-ring (bicyclic) bond motifs is 1. The summed E-state index contributed by atoms with van der Waals surface area (Å²) in [6.07, 6.45) is 1.91. The van der Waals surface area contributed by atoms with Crippen molar-refractivity contribution < 1.29 is 5.11 Å². The first-order valence-corrected chi connectivity index (χ1v) is 4.35. The van der Waals surface area contributed by atoms with Crippen molar-refractivity contribution in [1.29, 1.82) is 0 Å². The highest BCUT2D eigenvalue weighted by molar-refractivity contribution is 5.93. The summed E-state index contributed by atoms with van der Waals surface area (Å²) >= 11 is 0. The van der Waals surface area contributed by atoms with Crippen LogP contribution in [0, 0.1) is 0 Å². The zero-order valence-electron chi connectivity index (χ0n) is 7.46. The number of phenolic OH excluding ortho intramolecular Hbond substituents is 1. The molecule has 0 radical (unpaired) electrons. The van der Waals surface area contributed by atoms with Crippen molar-refractivity contribution >= 4 is 16.6 Å². The Morgan fingerprint density at radius 2 is 2.31 bits per heavy atom. The van der Waals surface area contributed by atoms with Crippen molar-refractivity contribution in [3.63, 3.8) is 0 Å². The number of anilines is 1. The number of H-pyrrole nitrogens is 1. The zero-order chi connectivity index (χ0) is 9.26. The second kappa shape index (κ2) is 3.01. The van der Waals surface area contributed by atoms with Gasteiger partial charge in [-0.1, -0.05) is 0 Å². The Bertz CT molecular complexity index is 420. The van der Waals surface area contributed by atoms with E-state index in [1.807, 2.05) is 19.2 Å². The molecule has 0 unspecified atom stereocenters. The van der Waals surface area contributed by atoms with Gasteiger partial charge in [-0.3, -0.25) is 0 Å². The number of nitrogens with one attached hydrogen (secondary N) is 2. The highest BCUT2D eigenvalue weighted by atomic mass is 16.3. The van der Waals surface area contributed by atoms with Crippen LogP contribution in [0.4, 0.5) is 5.69 Å². The van der Waals surface area contributed by atoms with Gasteiger partial charge in [-0.2, -0.15) is 0 Å². The highest BCUT2D eigenvalue weighted by Crippen LogP contribution is 2.26. The lowest BCUT2D eigenvalue weighted by Crippen LogP contribution is -1.94. The van der Waals surface area contributed by atoms with E-state index in [4.69, 9.17) is 0 Å². The molecule has 0 saturated carbocycles. The molecular formula is C10H12N2O. The monoisotopic (exact) mass is 176 g/mol. The first kappa shape index (κ1) is 7.98. The van der Waals surface area contributed by atoms with Crippen molar-refractivity contribution in [2.24, 2.45) is 0 Å². The molecule has 3 nitrogen and oxygen atoms in total. The van der Waals surface area contributed by atoms with Gasteiger partial charge in [-0.05, 0) is 25.1 Å². The van der Waals surface area contributed by atoms with Crippen LogP contribution in [0.2, 0.25) is 0 Å². The number of benzene rings is 1. The molecule has 0 bridgehead atoms. The van der Waals surface area contributed by atoms with E-state index in [0.29, 0.717) is 5.75 Å². The maximum atomic E-state index is 9.30. The van der Waals surface area contributed by atoms with Crippen LogP contribution in [0.15, 0.2) is 24.4 Å². The minimum atomic E-state index is 0.297. The molecule has 1 aromatic carbocycles. The van der Waals surface area contributed by atoms with Crippen LogP contribution in [0.1, 0.15) is 6.92 Å². The predicted octanol–water partition coefficient (Wildman–Crippen LogP) is 2.31. The molecule has 0 fully saturated rings. The van der Waals surface area contributed by atoms with E-state index in [1.54, 1.807) is 12.1 Å². The van der Waals surface area contributed by atoms with Gasteiger partial charge in [0.1, 0.15) is 5.75 Å². The van der Waals surface area contributed by atoms with Crippen molar-refractivity contribution in [1.82, 2.24) is 4.98 Å². The number of aromatic nitrogens is 1. The topological polar surface area (TPSA) is 48.0 Å². The van der Waals surface area contributed by atoms with Gasteiger partial charge in [-0.15, -0.1) is 0 Å². The lowest BCUT2D eigenvalue weighted by molar-refractivity contribution is 0.476. The third-order valence-electron chi connectivity index (χ3n) is 2.03. The highest BCUT2D eigenvalue weighted by Gasteiger charge is 2.02. The van der Waals surface area contributed by atoms with Crippen LogP contribution in [0.25, 0.3) is 10.9 Å². The summed E-state index contributed by atoms with van der Waals surface area (Å²) in [6.45, 7) is 2.92. The average molecular weight is 176 g/mol. The molecule has 3 N–H and O–H groups in total. The molecule has 3 heteroatoms. The second-order valence-electron chi connectivity index (χ2n) is 2.96. The van der Waals surface area contributed by atoms with E-state index < -0.39 is 0 Å². The van der Waals surface area contributed by atoms with E-state index >= 15 is 0 Å². The fourth-order valence-corrected chi connectivity index (χ4v) is 1.45. The smallest absolute Gasteiger partial charge is 0.116 e. The fourth-order valence-electron chi connectivity index (χ4n) is 1.45. The quantitative estimate of drug-likeness (QED) is 0.657. The fraction of sp³-hybridized carbons (Fsp3) is 0.200. The van der Waals surface area contributed by atoms with Crippen molar-refractivity contribution in [3.05, 3.63) is 24.4 Å². The summed E-state index contributed by atoms with van der Waals surface area (Å²) in [5, 5.41) is 13.5. The molecule has 13 heavy (non-hydrogen) atoms. The summed E-state index contributed by atoms with van der Waals surface area (Å²) in [6, 6.07) is 5.30. The molecule has 0 aliphatic rings. The van der Waals surface area contributed by atoms with Gasteiger partial charge in [0, 0.05) is 23.6 Å². The molecule has 0 spiro atoms. The van der Waals surface area contributed by atoms with Crippen LogP contribution in [-0.4, -0.2) is 16.6 Å². The van der Waals surface area contributed by atoms with Crippen LogP contribution in [0.5, 0.6) is 5.75 Å². The Kier molecular flexibility index (Phi) is 1.85. The second-order valence-corrected chi connectivity index (χ2v) is 2.96. The molecule has 1 heterocycles. The summed E-state index contributed by atoms with van der Waals surface area (Å²) < 4.78 is 0. The summed E-state index contributed by atoms with van der Waals surface area (Å²) in [5.41, 5.74) is 2.07. The molecule has 0 aliphatic heterocycles. The number of aromatic hydroxyl groups is 1. The van der Waals surface area contributed by atoms with Crippen LogP contribution in [0.3, 0.4) is 0 Å². The molecular weight excluding hydrogens is 164 g/mol. The average Bonchev–Trinajstić information content (AvgIpc) is 2.49. The Hall–Kier alpha value is -1.64. The first-order chi connectivity index (χ1) is 6.31. The number of aromatic amines is 1. The maximum Gasteiger partial charge on any atom is 0.116 e. The van der Waals surface area contributed by atoms with E-state index in [2.05, 4.69) is 10.3 Å². The minimum Gasteiger partial charge on any atom is -0.508 e. The molecule has 2 aromatic rings. The third-order valence-corrected chi connectivity index (χ3v) is 2.03. The molecule has 1 aromatic heterocycles.